The number of hydrogen-bond donors (Lipinski definition) is 1. The molecule has 7 nitrogen and oxygen atoms in total. The second kappa shape index (κ2) is 8.66. The van der Waals surface area contributed by atoms with E-state index in [0.717, 1.165) is 16.4 Å². The van der Waals surface area contributed by atoms with E-state index in [9.17, 15) is 4.79 Å². The lowest BCUT2D eigenvalue weighted by Crippen LogP contribution is -2.14. The zero-order chi connectivity index (χ0) is 19.3. The lowest BCUT2D eigenvalue weighted by atomic mass is 10.1. The van der Waals surface area contributed by atoms with Crippen LogP contribution in [0.1, 0.15) is 35.2 Å². The number of aromatic nitrogens is 5. The van der Waals surface area contributed by atoms with Crippen molar-refractivity contribution in [2.45, 2.75) is 36.9 Å². The minimum Gasteiger partial charge on any atom is -0.302 e. The van der Waals surface area contributed by atoms with Gasteiger partial charge in [-0.25, -0.2) is 0 Å². The third kappa shape index (κ3) is 4.66. The molecule has 0 radical (unpaired) electrons. The average molecular weight is 413 g/mol. The average Bonchev–Trinajstić information content (AvgIpc) is 3.35. The summed E-state index contributed by atoms with van der Waals surface area (Å²) in [7, 11) is 0. The van der Waals surface area contributed by atoms with Crippen LogP contribution >= 0.6 is 23.1 Å². The van der Waals surface area contributed by atoms with E-state index in [-0.39, 0.29) is 11.7 Å². The lowest BCUT2D eigenvalue weighted by molar-refractivity contribution is -0.113. The van der Waals surface area contributed by atoms with Crippen LogP contribution in [-0.2, 0) is 17.8 Å². The molecule has 0 atom stereocenters. The molecule has 1 aliphatic carbocycles. The molecule has 0 spiro atoms. The maximum atomic E-state index is 12.3. The van der Waals surface area contributed by atoms with Crippen LogP contribution in [0.3, 0.4) is 0 Å². The van der Waals surface area contributed by atoms with Crippen molar-refractivity contribution in [2.75, 3.05) is 11.1 Å². The van der Waals surface area contributed by atoms with Gasteiger partial charge in [0.15, 0.2) is 5.16 Å². The zero-order valence-corrected chi connectivity index (χ0v) is 16.9. The standard InChI is InChI=1S/C19H20N6OS2/c1-2-10-25-15(11-13-6-4-3-5-7-13)21-24-19(25)27-12-16(26)20-18-23-22-17(28-18)14-8-9-14/h2-7,14H,1,8-12H2,(H,20,23,26). The molecule has 1 saturated carbocycles. The summed E-state index contributed by atoms with van der Waals surface area (Å²) in [5.41, 5.74) is 1.16. The van der Waals surface area contributed by atoms with Crippen LogP contribution in [-0.4, -0.2) is 36.6 Å². The van der Waals surface area contributed by atoms with E-state index in [1.165, 1.54) is 35.9 Å². The molecule has 0 bridgehead atoms. The number of amides is 1. The summed E-state index contributed by atoms with van der Waals surface area (Å²) in [5.74, 6) is 1.50. The number of nitrogens with zero attached hydrogens (tertiary/aromatic N) is 5. The summed E-state index contributed by atoms with van der Waals surface area (Å²) in [6, 6.07) is 10.1. The summed E-state index contributed by atoms with van der Waals surface area (Å²) in [4.78, 5) is 12.3. The van der Waals surface area contributed by atoms with Gasteiger partial charge in [-0.1, -0.05) is 59.5 Å². The van der Waals surface area contributed by atoms with Crippen molar-refractivity contribution >= 4 is 34.1 Å². The summed E-state index contributed by atoms with van der Waals surface area (Å²) < 4.78 is 1.99. The second-order valence-electron chi connectivity index (χ2n) is 6.52. The number of anilines is 1. The van der Waals surface area contributed by atoms with E-state index in [0.29, 0.717) is 29.2 Å². The van der Waals surface area contributed by atoms with Crippen LogP contribution in [0.2, 0.25) is 0 Å². The molecule has 1 amide bonds. The smallest absolute Gasteiger partial charge is 0.236 e. The van der Waals surface area contributed by atoms with E-state index in [4.69, 9.17) is 0 Å². The van der Waals surface area contributed by atoms with Crippen molar-refractivity contribution in [3.63, 3.8) is 0 Å². The van der Waals surface area contributed by atoms with Crippen molar-refractivity contribution < 1.29 is 4.79 Å². The maximum absolute atomic E-state index is 12.3. The molecule has 9 heteroatoms. The highest BCUT2D eigenvalue weighted by Crippen LogP contribution is 2.42. The van der Waals surface area contributed by atoms with Crippen LogP contribution in [0.15, 0.2) is 48.1 Å². The Kier molecular flexibility index (Phi) is 5.82. The predicted molar refractivity (Wildman–Crippen MR) is 111 cm³/mol. The lowest BCUT2D eigenvalue weighted by Gasteiger charge is -2.07. The number of nitrogens with one attached hydrogen (secondary N) is 1. The number of carbonyl (C=O) groups is 1. The highest BCUT2D eigenvalue weighted by atomic mass is 32.2. The Morgan fingerprint density at radius 3 is 2.82 bits per heavy atom. The van der Waals surface area contributed by atoms with Crippen LogP contribution in [0.4, 0.5) is 5.13 Å². The Morgan fingerprint density at radius 1 is 1.25 bits per heavy atom. The molecular formula is C19H20N6OS2. The topological polar surface area (TPSA) is 85.6 Å². The third-order valence-electron chi connectivity index (χ3n) is 4.26. The van der Waals surface area contributed by atoms with Crippen molar-refractivity contribution in [3.05, 3.63) is 59.4 Å². The number of rotatable bonds is 9. The van der Waals surface area contributed by atoms with Crippen molar-refractivity contribution in [3.8, 4) is 0 Å². The minimum absolute atomic E-state index is 0.124. The number of benzene rings is 1. The minimum atomic E-state index is -0.124. The molecule has 2 aromatic heterocycles. The van der Waals surface area contributed by atoms with E-state index in [1.54, 1.807) is 0 Å². The first kappa shape index (κ1) is 18.8. The van der Waals surface area contributed by atoms with Crippen LogP contribution in [0.5, 0.6) is 0 Å². The van der Waals surface area contributed by atoms with Gasteiger partial charge in [0.25, 0.3) is 0 Å². The second-order valence-corrected chi connectivity index (χ2v) is 8.47. The van der Waals surface area contributed by atoms with Gasteiger partial charge in [0.05, 0.1) is 5.75 Å². The first-order valence-electron chi connectivity index (χ1n) is 9.06. The van der Waals surface area contributed by atoms with Gasteiger partial charge in [0.1, 0.15) is 10.8 Å². The Morgan fingerprint density at radius 2 is 2.07 bits per heavy atom. The van der Waals surface area contributed by atoms with Gasteiger partial charge in [0.2, 0.25) is 11.0 Å². The molecule has 0 unspecified atom stereocenters. The van der Waals surface area contributed by atoms with E-state index in [2.05, 4.69) is 44.4 Å². The van der Waals surface area contributed by atoms with E-state index >= 15 is 0 Å². The molecule has 1 fully saturated rings. The number of allylic oxidation sites excluding steroid dienone is 1. The molecule has 2 heterocycles. The van der Waals surface area contributed by atoms with Crippen LogP contribution in [0.25, 0.3) is 0 Å². The van der Waals surface area contributed by atoms with Gasteiger partial charge in [0, 0.05) is 18.9 Å². The van der Waals surface area contributed by atoms with Gasteiger partial charge in [-0.3, -0.25) is 10.1 Å². The molecule has 4 rings (SSSR count). The number of hydrogen-bond acceptors (Lipinski definition) is 7. The Balaban J connectivity index is 1.37. The molecule has 0 saturated heterocycles. The molecule has 0 aliphatic heterocycles. The molecule has 1 aliphatic rings. The van der Waals surface area contributed by atoms with E-state index < -0.39 is 0 Å². The van der Waals surface area contributed by atoms with E-state index in [1.807, 2.05) is 28.8 Å². The van der Waals surface area contributed by atoms with Gasteiger partial charge in [-0.2, -0.15) is 0 Å². The molecule has 144 valence electrons. The Hall–Kier alpha value is -2.52. The summed E-state index contributed by atoms with van der Waals surface area (Å²) in [5, 5.41) is 21.9. The Labute approximate surface area is 171 Å². The monoisotopic (exact) mass is 412 g/mol. The van der Waals surface area contributed by atoms with Crippen molar-refractivity contribution in [1.82, 2.24) is 25.0 Å². The zero-order valence-electron chi connectivity index (χ0n) is 15.2. The van der Waals surface area contributed by atoms with Gasteiger partial charge in [-0.05, 0) is 18.4 Å². The summed E-state index contributed by atoms with van der Waals surface area (Å²) in [6.07, 6.45) is 4.83. The summed E-state index contributed by atoms with van der Waals surface area (Å²) >= 11 is 2.82. The first-order chi connectivity index (χ1) is 13.7. The fourth-order valence-corrected chi connectivity index (χ4v) is 4.41. The first-order valence-corrected chi connectivity index (χ1v) is 10.9. The van der Waals surface area contributed by atoms with Gasteiger partial charge in [-0.15, -0.1) is 27.0 Å². The molecule has 1 aromatic carbocycles. The maximum Gasteiger partial charge on any atom is 0.236 e. The fraction of sp³-hybridized carbons (Fsp3) is 0.316. The predicted octanol–water partition coefficient (Wildman–Crippen LogP) is 3.51. The molecular weight excluding hydrogens is 392 g/mol. The van der Waals surface area contributed by atoms with Crippen LogP contribution in [0, 0.1) is 0 Å². The van der Waals surface area contributed by atoms with Gasteiger partial charge >= 0.3 is 0 Å². The fourth-order valence-electron chi connectivity index (χ4n) is 2.71. The largest absolute Gasteiger partial charge is 0.302 e. The quantitative estimate of drug-likeness (QED) is 0.428. The van der Waals surface area contributed by atoms with Crippen molar-refractivity contribution in [1.29, 1.82) is 0 Å². The molecule has 1 N–H and O–H groups in total. The SMILES string of the molecule is C=CCn1c(Cc2ccccc2)nnc1SCC(=O)Nc1nnc(C2CC2)s1. The van der Waals surface area contributed by atoms with Crippen molar-refractivity contribution in [2.24, 2.45) is 0 Å². The number of carbonyl (C=O) groups excluding carboxylic acids is 1. The molecule has 3 aromatic rings. The Bertz CT molecular complexity index is 964. The third-order valence-corrected chi connectivity index (χ3v) is 6.22. The normalized spacial score (nSPS) is 13.4. The highest BCUT2D eigenvalue weighted by Gasteiger charge is 2.27. The van der Waals surface area contributed by atoms with Gasteiger partial charge < -0.3 is 4.57 Å². The molecule has 28 heavy (non-hydrogen) atoms. The highest BCUT2D eigenvalue weighted by molar-refractivity contribution is 7.99. The number of thioether (sulfide) groups is 1. The van der Waals surface area contributed by atoms with Crippen LogP contribution < -0.4 is 5.32 Å². The summed E-state index contributed by atoms with van der Waals surface area (Å²) in [6.45, 7) is 4.42.